The van der Waals surface area contributed by atoms with Crippen LogP contribution in [0.15, 0.2) is 60.7 Å². The van der Waals surface area contributed by atoms with Gasteiger partial charge in [0.05, 0.1) is 21.7 Å². The van der Waals surface area contributed by atoms with Gasteiger partial charge in [0.1, 0.15) is 12.1 Å². The van der Waals surface area contributed by atoms with E-state index < -0.39 is 23.8 Å². The molecule has 1 N–H and O–H groups in total. The van der Waals surface area contributed by atoms with Crippen LogP contribution in [0.1, 0.15) is 81.6 Å². The monoisotopic (exact) mass is 802 g/mol. The van der Waals surface area contributed by atoms with E-state index in [1.165, 1.54) is 0 Å². The number of anilines is 3. The lowest BCUT2D eigenvalue weighted by Crippen LogP contribution is -2.54. The van der Waals surface area contributed by atoms with Gasteiger partial charge in [0, 0.05) is 101 Å². The molecule has 58 heavy (non-hydrogen) atoms. The van der Waals surface area contributed by atoms with Crippen LogP contribution in [-0.4, -0.2) is 122 Å². The standard InChI is InChI=1S/C44H47ClN8O5/c45-37-26-34(6-3-30(37)27-46)52-20-15-44(28-52)13-18-51(19-14-44)41(56)29-1-4-31(5-2-29)49-21-23-50(24-22-49)32-11-16-48(17-12-32)33-7-8-35-36(25-33)43(58)53(42(35)57)38-9-10-39(54)47-40(38)55/h1-8,25-26,32,38H,9-24,28H2,(H,47,54,55). The van der Waals surface area contributed by atoms with Gasteiger partial charge in [0.25, 0.3) is 17.7 Å². The van der Waals surface area contributed by atoms with Crippen LogP contribution in [0.25, 0.3) is 0 Å². The van der Waals surface area contributed by atoms with Crippen LogP contribution in [0.2, 0.25) is 5.02 Å². The smallest absolute Gasteiger partial charge is 0.262 e. The molecule has 5 saturated heterocycles. The van der Waals surface area contributed by atoms with Gasteiger partial charge < -0.3 is 19.6 Å². The van der Waals surface area contributed by atoms with Gasteiger partial charge in [-0.3, -0.25) is 39.1 Å². The van der Waals surface area contributed by atoms with Gasteiger partial charge in [0.2, 0.25) is 11.8 Å². The third-order valence-corrected chi connectivity index (χ3v) is 13.9. The summed E-state index contributed by atoms with van der Waals surface area (Å²) >= 11 is 6.32. The van der Waals surface area contributed by atoms with Crippen LogP contribution in [0.5, 0.6) is 0 Å². The van der Waals surface area contributed by atoms with Gasteiger partial charge >= 0.3 is 0 Å². The summed E-state index contributed by atoms with van der Waals surface area (Å²) in [5.74, 6) is -1.86. The minimum absolute atomic E-state index is 0.0940. The topological polar surface area (TPSA) is 141 Å². The Labute approximate surface area is 343 Å². The minimum Gasteiger partial charge on any atom is -0.371 e. The maximum atomic E-state index is 13.6. The van der Waals surface area contributed by atoms with Gasteiger partial charge in [-0.1, -0.05) is 11.6 Å². The summed E-state index contributed by atoms with van der Waals surface area (Å²) in [7, 11) is 0. The lowest BCUT2D eigenvalue weighted by molar-refractivity contribution is -0.136. The number of hydrogen-bond donors (Lipinski definition) is 1. The summed E-state index contributed by atoms with van der Waals surface area (Å²) in [6.07, 6.45) is 5.26. The van der Waals surface area contributed by atoms with Crippen LogP contribution in [0, 0.1) is 16.7 Å². The van der Waals surface area contributed by atoms with Gasteiger partial charge in [-0.05, 0) is 105 Å². The van der Waals surface area contributed by atoms with E-state index in [9.17, 15) is 29.2 Å². The van der Waals surface area contributed by atoms with Crippen LogP contribution in [0.3, 0.4) is 0 Å². The van der Waals surface area contributed by atoms with Crippen molar-refractivity contribution in [1.82, 2.24) is 20.0 Å². The first-order valence-corrected chi connectivity index (χ1v) is 20.9. The molecule has 5 fully saturated rings. The molecule has 9 rings (SSSR count). The Morgan fingerprint density at radius 3 is 2.03 bits per heavy atom. The number of hydrogen-bond acceptors (Lipinski definition) is 10. The van der Waals surface area contributed by atoms with E-state index >= 15 is 0 Å². The number of piperazine rings is 1. The fourth-order valence-corrected chi connectivity index (χ4v) is 10.2. The number of halogens is 1. The molecule has 0 saturated carbocycles. The molecule has 0 radical (unpaired) electrons. The molecule has 1 spiro atoms. The largest absolute Gasteiger partial charge is 0.371 e. The second kappa shape index (κ2) is 15.4. The second-order valence-electron chi connectivity index (χ2n) is 16.7. The van der Waals surface area contributed by atoms with Crippen molar-refractivity contribution in [2.24, 2.45) is 5.41 Å². The SMILES string of the molecule is N#Cc1ccc(N2CCC3(CCN(C(=O)c4ccc(N5CCN(C6CCN(c7ccc8c(c7)C(=O)N(C7CCC(=O)NC7=O)C8=O)CC6)CC5)cc4)CC3)C2)cc1Cl. The van der Waals surface area contributed by atoms with Crippen LogP contribution in [0.4, 0.5) is 17.1 Å². The van der Waals surface area contributed by atoms with Crippen molar-refractivity contribution >= 4 is 58.2 Å². The van der Waals surface area contributed by atoms with Gasteiger partial charge in [-0.2, -0.15) is 5.26 Å². The first-order chi connectivity index (χ1) is 28.1. The van der Waals surface area contributed by atoms with E-state index in [1.807, 2.05) is 35.2 Å². The summed E-state index contributed by atoms with van der Waals surface area (Å²) in [5, 5.41) is 12.0. The molecule has 0 aliphatic carbocycles. The van der Waals surface area contributed by atoms with Gasteiger partial charge in [-0.25, -0.2) is 0 Å². The van der Waals surface area contributed by atoms with Gasteiger partial charge in [0.15, 0.2) is 0 Å². The Bertz CT molecular complexity index is 2200. The summed E-state index contributed by atoms with van der Waals surface area (Å²) in [5.41, 5.74) is 5.12. The number of amides is 5. The first kappa shape index (κ1) is 38.1. The zero-order chi connectivity index (χ0) is 40.1. The predicted octanol–water partition coefficient (Wildman–Crippen LogP) is 4.54. The summed E-state index contributed by atoms with van der Waals surface area (Å²) in [6.45, 7) is 8.82. The molecule has 300 valence electrons. The van der Waals surface area contributed by atoms with Crippen molar-refractivity contribution in [2.75, 3.05) is 80.1 Å². The number of imide groups is 2. The van der Waals surface area contributed by atoms with E-state index in [0.29, 0.717) is 27.8 Å². The van der Waals surface area contributed by atoms with Crippen molar-refractivity contribution in [1.29, 1.82) is 5.26 Å². The average molecular weight is 803 g/mol. The fraction of sp³-hybridized carbons (Fsp3) is 0.455. The van der Waals surface area contributed by atoms with Crippen molar-refractivity contribution in [3.05, 3.63) is 87.9 Å². The quantitative estimate of drug-likeness (QED) is 0.354. The predicted molar refractivity (Wildman–Crippen MR) is 219 cm³/mol. The molecule has 0 bridgehead atoms. The molecule has 1 unspecified atom stereocenters. The number of nitrogens with zero attached hydrogens (tertiary/aromatic N) is 7. The molecule has 3 aromatic carbocycles. The third-order valence-electron chi connectivity index (χ3n) is 13.6. The molecule has 3 aromatic rings. The number of fused-ring (bicyclic) bond motifs is 1. The molecule has 6 aliphatic heterocycles. The number of rotatable bonds is 6. The Hall–Kier alpha value is -5.45. The number of nitriles is 1. The Morgan fingerprint density at radius 2 is 1.34 bits per heavy atom. The highest BCUT2D eigenvalue weighted by molar-refractivity contribution is 6.32. The Kier molecular flexibility index (Phi) is 10.1. The molecular formula is C44H47ClN8O5. The highest BCUT2D eigenvalue weighted by Crippen LogP contribution is 2.43. The number of nitrogens with one attached hydrogen (secondary N) is 1. The molecule has 13 nitrogen and oxygen atoms in total. The number of carbonyl (C=O) groups excluding carboxylic acids is 5. The summed E-state index contributed by atoms with van der Waals surface area (Å²) in [4.78, 5) is 76.8. The summed E-state index contributed by atoms with van der Waals surface area (Å²) < 4.78 is 0. The number of benzene rings is 3. The highest BCUT2D eigenvalue weighted by atomic mass is 35.5. The molecular weight excluding hydrogens is 756 g/mol. The maximum Gasteiger partial charge on any atom is 0.262 e. The van der Waals surface area contributed by atoms with E-state index in [4.69, 9.17) is 11.6 Å². The van der Waals surface area contributed by atoms with Gasteiger partial charge in [-0.15, -0.1) is 0 Å². The Balaban J connectivity index is 0.731. The van der Waals surface area contributed by atoms with Crippen molar-refractivity contribution in [3.63, 3.8) is 0 Å². The zero-order valence-electron chi connectivity index (χ0n) is 32.5. The fourth-order valence-electron chi connectivity index (χ4n) is 10.0. The van der Waals surface area contributed by atoms with Crippen molar-refractivity contribution in [2.45, 2.75) is 57.0 Å². The molecule has 0 aromatic heterocycles. The third kappa shape index (κ3) is 7.06. The maximum absolute atomic E-state index is 13.6. The zero-order valence-corrected chi connectivity index (χ0v) is 33.3. The minimum atomic E-state index is -0.971. The van der Waals surface area contributed by atoms with Crippen molar-refractivity contribution < 1.29 is 24.0 Å². The van der Waals surface area contributed by atoms with E-state index in [-0.39, 0.29) is 30.1 Å². The Morgan fingerprint density at radius 1 is 0.707 bits per heavy atom. The molecule has 5 amide bonds. The van der Waals surface area contributed by atoms with E-state index in [2.05, 4.69) is 43.1 Å². The lowest BCUT2D eigenvalue weighted by Gasteiger charge is -2.44. The lowest BCUT2D eigenvalue weighted by atomic mass is 9.77. The molecule has 6 aliphatic rings. The molecule has 6 heterocycles. The first-order valence-electron chi connectivity index (χ1n) is 20.5. The van der Waals surface area contributed by atoms with Crippen LogP contribution in [-0.2, 0) is 9.59 Å². The van der Waals surface area contributed by atoms with E-state index in [1.54, 1.807) is 18.2 Å². The highest BCUT2D eigenvalue weighted by Gasteiger charge is 2.45. The van der Waals surface area contributed by atoms with E-state index in [0.717, 1.165) is 125 Å². The molecule has 1 atom stereocenters. The second-order valence-corrected chi connectivity index (χ2v) is 17.1. The van der Waals surface area contributed by atoms with Crippen molar-refractivity contribution in [3.8, 4) is 6.07 Å². The molecule has 14 heteroatoms. The number of likely N-dealkylation sites (tertiary alicyclic amines) is 1. The normalized spacial score (nSPS) is 22.8. The van der Waals surface area contributed by atoms with Crippen LogP contribution >= 0.6 is 11.6 Å². The summed E-state index contributed by atoms with van der Waals surface area (Å²) in [6, 6.07) is 20.8. The number of piperidine rings is 3. The number of carbonyl (C=O) groups is 5. The average Bonchev–Trinajstić information content (AvgIpc) is 3.77. The van der Waals surface area contributed by atoms with Crippen LogP contribution < -0.4 is 20.0 Å².